The molecule has 1 aliphatic heterocycles. The molecule has 6 N–H and O–H groups in total. The minimum Gasteiger partial charge on any atom is -0.464 e. The van der Waals surface area contributed by atoms with Crippen LogP contribution in [0.1, 0.15) is 58.8 Å². The highest BCUT2D eigenvalue weighted by atomic mass is 19.4. The summed E-state index contributed by atoms with van der Waals surface area (Å²) in [5.41, 5.74) is -0.270. The number of aliphatic hydroxyl groups excluding tert-OH is 1. The molecule has 0 spiro atoms. The normalized spacial score (nSPS) is 27.0. The summed E-state index contributed by atoms with van der Waals surface area (Å²) in [7, 11) is 0. The van der Waals surface area contributed by atoms with Gasteiger partial charge >= 0.3 is 18.1 Å². The van der Waals surface area contributed by atoms with Crippen molar-refractivity contribution in [2.75, 3.05) is 13.2 Å². The maximum Gasteiger partial charge on any atom is 0.471 e. The third-order valence-electron chi connectivity index (χ3n) is 6.40. The molecule has 36 heavy (non-hydrogen) atoms. The van der Waals surface area contributed by atoms with E-state index in [-0.39, 0.29) is 31.3 Å². The van der Waals surface area contributed by atoms with Crippen molar-refractivity contribution in [1.82, 2.24) is 21.2 Å². The van der Waals surface area contributed by atoms with Crippen LogP contribution in [0.5, 0.6) is 0 Å². The van der Waals surface area contributed by atoms with Crippen molar-refractivity contribution in [2.45, 2.75) is 88.8 Å². The molecule has 1 aliphatic carbocycles. The zero-order chi connectivity index (χ0) is 27.1. The predicted molar refractivity (Wildman–Crippen MR) is 118 cm³/mol. The largest absolute Gasteiger partial charge is 0.471 e. The first kappa shape index (κ1) is 30.0. The summed E-state index contributed by atoms with van der Waals surface area (Å²) < 4.78 is 42.2. The van der Waals surface area contributed by atoms with E-state index in [4.69, 9.17) is 15.2 Å². The molecule has 206 valence electrons. The Kier molecular flexibility index (Phi) is 10.7. The lowest BCUT2D eigenvalue weighted by Gasteiger charge is -2.22. The van der Waals surface area contributed by atoms with E-state index in [1.807, 2.05) is 13.0 Å². The molecule has 0 radical (unpaired) electrons. The van der Waals surface area contributed by atoms with Crippen LogP contribution in [0, 0.1) is 5.92 Å². The Morgan fingerprint density at radius 3 is 2.50 bits per heavy atom. The number of carbonyl (C=O) groups excluding carboxylic acids is 3. The van der Waals surface area contributed by atoms with Crippen molar-refractivity contribution >= 4 is 17.8 Å². The van der Waals surface area contributed by atoms with E-state index in [0.29, 0.717) is 38.6 Å². The number of halogens is 3. The van der Waals surface area contributed by atoms with Gasteiger partial charge in [0.05, 0.1) is 18.8 Å². The smallest absolute Gasteiger partial charge is 0.464 e. The molecule has 0 aromatic carbocycles. The fraction of sp³-hybridized carbons (Fsp3) is 0.773. The number of carbonyl (C=O) groups is 3. The van der Waals surface area contributed by atoms with Gasteiger partial charge < -0.3 is 25.8 Å². The third-order valence-corrected chi connectivity index (χ3v) is 6.40. The van der Waals surface area contributed by atoms with Gasteiger partial charge in [0, 0.05) is 12.5 Å². The number of allylic oxidation sites excluding steroid dienone is 1. The summed E-state index contributed by atoms with van der Waals surface area (Å²) in [6, 6.07) is -0.588. The number of esters is 1. The van der Waals surface area contributed by atoms with Gasteiger partial charge in [-0.2, -0.15) is 13.2 Å². The first-order valence-electron chi connectivity index (χ1n) is 11.9. The van der Waals surface area contributed by atoms with Crippen LogP contribution >= 0.6 is 0 Å². The van der Waals surface area contributed by atoms with Crippen LogP contribution in [-0.2, 0) is 19.1 Å². The van der Waals surface area contributed by atoms with E-state index in [0.717, 1.165) is 5.57 Å². The van der Waals surface area contributed by atoms with Gasteiger partial charge in [-0.25, -0.2) is 4.79 Å². The summed E-state index contributed by atoms with van der Waals surface area (Å²) in [6.45, 7) is 3.98. The Morgan fingerprint density at radius 2 is 1.94 bits per heavy atom. The van der Waals surface area contributed by atoms with E-state index in [9.17, 15) is 32.7 Å². The minimum atomic E-state index is -5.13. The molecular weight excluding hydrogens is 489 g/mol. The molecule has 1 heterocycles. The van der Waals surface area contributed by atoms with Crippen LogP contribution in [0.3, 0.4) is 0 Å². The van der Waals surface area contributed by atoms with Crippen molar-refractivity contribution in [1.29, 1.82) is 0 Å². The fourth-order valence-electron chi connectivity index (χ4n) is 4.32. The van der Waals surface area contributed by atoms with Gasteiger partial charge in [0.15, 0.2) is 0 Å². The highest BCUT2D eigenvalue weighted by molar-refractivity contribution is 5.94. The highest BCUT2D eigenvalue weighted by Gasteiger charge is 2.63. The van der Waals surface area contributed by atoms with Crippen molar-refractivity contribution in [3.63, 3.8) is 0 Å². The van der Waals surface area contributed by atoms with Crippen LogP contribution in [0.25, 0.3) is 0 Å². The monoisotopic (exact) mass is 524 g/mol. The minimum absolute atomic E-state index is 0.109. The van der Waals surface area contributed by atoms with Gasteiger partial charge in [-0.3, -0.25) is 20.0 Å². The van der Waals surface area contributed by atoms with Crippen LogP contribution in [0.2, 0.25) is 0 Å². The molecular formula is C22H35F3N4O7. The zero-order valence-electron chi connectivity index (χ0n) is 20.3. The summed E-state index contributed by atoms with van der Waals surface area (Å²) >= 11 is 0. The van der Waals surface area contributed by atoms with E-state index in [1.54, 1.807) is 6.92 Å². The number of amides is 2. The second-order valence-electron chi connectivity index (χ2n) is 9.18. The molecule has 2 fully saturated rings. The summed E-state index contributed by atoms with van der Waals surface area (Å²) in [5.74, 6) is -3.39. The van der Waals surface area contributed by atoms with E-state index in [1.165, 1.54) is 5.32 Å². The Hall–Kier alpha value is -2.26. The number of β-amino-alcohol motifs (C(OH)–C–C–N with tert-alkyl or cyclic N) is 1. The first-order chi connectivity index (χ1) is 16.8. The number of aliphatic hydroxyl groups is 1. The number of alkyl halides is 3. The summed E-state index contributed by atoms with van der Waals surface area (Å²) in [4.78, 5) is 36.3. The number of hydrogen-bond donors (Lipinski definition) is 6. The summed E-state index contributed by atoms with van der Waals surface area (Å²) in [5, 5.41) is 34.6. The average molecular weight is 525 g/mol. The Labute approximate surface area is 206 Å². The van der Waals surface area contributed by atoms with Crippen molar-refractivity contribution in [3.05, 3.63) is 11.6 Å². The molecule has 0 bridgehead atoms. The topological polar surface area (TPSA) is 160 Å². The van der Waals surface area contributed by atoms with Gasteiger partial charge in [-0.05, 0) is 57.6 Å². The molecule has 14 heteroatoms. The fourth-order valence-corrected chi connectivity index (χ4v) is 4.32. The molecule has 2 amide bonds. The molecule has 11 nitrogen and oxygen atoms in total. The number of nitrogens with zero attached hydrogens (tertiary/aromatic N) is 1. The van der Waals surface area contributed by atoms with Crippen LogP contribution in [0.15, 0.2) is 11.6 Å². The molecule has 0 unspecified atom stereocenters. The van der Waals surface area contributed by atoms with Crippen molar-refractivity contribution < 1.29 is 47.8 Å². The number of hydrogen-bond acceptors (Lipinski definition) is 9. The number of unbranched alkanes of at least 4 members (excludes halogenated alkanes) is 3. The number of nitrogens with one attached hydrogen (secondary N) is 3. The Bertz CT molecular complexity index is 824. The summed E-state index contributed by atoms with van der Waals surface area (Å²) in [6.07, 6.45) is -2.81. The average Bonchev–Trinajstić information content (AvgIpc) is 3.36. The quantitative estimate of drug-likeness (QED) is 0.0682. The van der Waals surface area contributed by atoms with Gasteiger partial charge in [0.25, 0.3) is 0 Å². The van der Waals surface area contributed by atoms with Crippen LogP contribution < -0.4 is 16.0 Å². The molecule has 5 atom stereocenters. The van der Waals surface area contributed by atoms with E-state index in [2.05, 4.69) is 10.6 Å². The van der Waals surface area contributed by atoms with Gasteiger partial charge in [-0.15, -0.1) is 0 Å². The first-order valence-corrected chi connectivity index (χ1v) is 11.9. The molecule has 0 aromatic rings. The lowest BCUT2D eigenvalue weighted by Crippen LogP contribution is -2.51. The van der Waals surface area contributed by atoms with E-state index >= 15 is 0 Å². The maximum atomic E-state index is 12.7. The third kappa shape index (κ3) is 8.13. The molecule has 0 aromatic heterocycles. The Morgan fingerprint density at radius 1 is 1.25 bits per heavy atom. The van der Waals surface area contributed by atoms with E-state index < -0.39 is 47.1 Å². The SMILES string of the molecule is CCOC(=O)[C@@]1(NC(=O)[C@@H]2C[C@@H](O)CN2)C[C@H]1/C(C)=C\CCCCC[C@H](NC(=O)C(F)(F)F)N(O)O. The lowest BCUT2D eigenvalue weighted by atomic mass is 10.0. The predicted octanol–water partition coefficient (Wildman–Crippen LogP) is 1.13. The molecule has 1 saturated carbocycles. The molecule has 2 rings (SSSR count). The second kappa shape index (κ2) is 12.8. The van der Waals surface area contributed by atoms with Crippen LogP contribution in [0.4, 0.5) is 13.2 Å². The second-order valence-corrected chi connectivity index (χ2v) is 9.18. The number of ether oxygens (including phenoxy) is 1. The Balaban J connectivity index is 1.83. The molecule has 2 aliphatic rings. The van der Waals surface area contributed by atoms with Crippen molar-refractivity contribution in [2.24, 2.45) is 5.92 Å². The number of hydroxylamine groups is 2. The maximum absolute atomic E-state index is 12.7. The van der Waals surface area contributed by atoms with Crippen LogP contribution in [-0.4, -0.2) is 81.7 Å². The standard InChI is InChI=1S/C22H35F3N4O7/c1-3-36-20(33)21(28-18(31)16-10-14(30)12-26-16)11-15(21)13(2)8-6-4-5-7-9-17(29(34)35)27-19(32)22(23,24)25/h8,14-17,26,30,34-35H,3-7,9-12H2,1-2H3,(H,27,32)(H,28,31)/b13-8-/t14-,15+,16+,17-,21-/m1/s1. The van der Waals surface area contributed by atoms with Gasteiger partial charge in [-0.1, -0.05) is 18.1 Å². The van der Waals surface area contributed by atoms with Gasteiger partial charge in [0.2, 0.25) is 5.91 Å². The zero-order valence-corrected chi connectivity index (χ0v) is 20.3. The lowest BCUT2D eigenvalue weighted by molar-refractivity contribution is -0.337. The van der Waals surface area contributed by atoms with Gasteiger partial charge in [0.1, 0.15) is 11.7 Å². The number of rotatable bonds is 13. The molecule has 1 saturated heterocycles. The highest BCUT2D eigenvalue weighted by Crippen LogP contribution is 2.49. The van der Waals surface area contributed by atoms with Crippen molar-refractivity contribution in [3.8, 4) is 0 Å².